The summed E-state index contributed by atoms with van der Waals surface area (Å²) in [4.78, 5) is 0. The predicted molar refractivity (Wildman–Crippen MR) is 88.8 cm³/mol. The molecule has 1 N–H and O–H groups in total. The number of hydrogen-bond donors (Lipinski definition) is 1. The Morgan fingerprint density at radius 1 is 1.05 bits per heavy atom. The van der Waals surface area contributed by atoms with E-state index in [-0.39, 0.29) is 0 Å². The number of fused-ring (bicyclic) bond motifs is 1. The highest BCUT2D eigenvalue weighted by Crippen LogP contribution is 2.29. The maximum atomic E-state index is 5.47. The van der Waals surface area contributed by atoms with E-state index >= 15 is 0 Å². The zero-order valence-electron chi connectivity index (χ0n) is 13.1. The normalized spacial score (nSPS) is 22.4. The van der Waals surface area contributed by atoms with Crippen molar-refractivity contribution in [3.8, 4) is 5.75 Å². The third-order valence-electron chi connectivity index (χ3n) is 4.86. The highest BCUT2D eigenvalue weighted by atomic mass is 16.5. The third kappa shape index (κ3) is 3.06. The number of methoxy groups -OCH3 is 1. The molecule has 0 heterocycles. The number of benzene rings is 2. The van der Waals surface area contributed by atoms with Gasteiger partial charge in [0.15, 0.2) is 0 Å². The van der Waals surface area contributed by atoms with E-state index < -0.39 is 0 Å². The van der Waals surface area contributed by atoms with Crippen molar-refractivity contribution >= 4 is 10.8 Å². The lowest BCUT2D eigenvalue weighted by Gasteiger charge is -2.30. The van der Waals surface area contributed by atoms with Crippen LogP contribution in [-0.2, 0) is 6.54 Å². The summed E-state index contributed by atoms with van der Waals surface area (Å²) in [7, 11) is 1.74. The lowest BCUT2D eigenvalue weighted by atomic mass is 9.86. The van der Waals surface area contributed by atoms with Crippen LogP contribution in [0, 0.1) is 5.92 Å². The molecule has 0 aromatic heterocycles. The van der Waals surface area contributed by atoms with Crippen molar-refractivity contribution in [2.24, 2.45) is 5.92 Å². The summed E-state index contributed by atoms with van der Waals surface area (Å²) >= 11 is 0. The van der Waals surface area contributed by atoms with E-state index in [1.807, 2.05) is 0 Å². The Hall–Kier alpha value is -1.54. The highest BCUT2D eigenvalue weighted by Gasteiger charge is 2.20. The van der Waals surface area contributed by atoms with Gasteiger partial charge < -0.3 is 10.1 Å². The minimum atomic E-state index is 0.666. The van der Waals surface area contributed by atoms with Gasteiger partial charge in [-0.2, -0.15) is 0 Å². The summed E-state index contributed by atoms with van der Waals surface area (Å²) in [5.74, 6) is 1.75. The molecule has 112 valence electrons. The van der Waals surface area contributed by atoms with Crippen molar-refractivity contribution in [3.05, 3.63) is 42.0 Å². The molecule has 1 aliphatic rings. The minimum Gasteiger partial charge on any atom is -0.496 e. The monoisotopic (exact) mass is 283 g/mol. The van der Waals surface area contributed by atoms with Gasteiger partial charge in [-0.25, -0.2) is 0 Å². The van der Waals surface area contributed by atoms with E-state index in [2.05, 4.69) is 48.6 Å². The molecule has 2 heteroatoms. The van der Waals surface area contributed by atoms with E-state index in [9.17, 15) is 0 Å². The molecule has 1 saturated carbocycles. The van der Waals surface area contributed by atoms with Gasteiger partial charge in [0.1, 0.15) is 5.75 Å². The molecule has 0 saturated heterocycles. The summed E-state index contributed by atoms with van der Waals surface area (Å²) in [6.45, 7) is 3.32. The summed E-state index contributed by atoms with van der Waals surface area (Å²) in [5.41, 5.74) is 1.36. The number of nitrogens with one attached hydrogen (secondary N) is 1. The standard InChI is InChI=1S/C19H25NO/c1-14-7-3-6-10-18(14)20-13-15-11-12-19(21-2)17-9-5-4-8-16(15)17/h4-5,8-9,11-12,14,18,20H,3,6-7,10,13H2,1-2H3/t14-,18+/m0/s1. The second-order valence-electron chi connectivity index (χ2n) is 6.22. The van der Waals surface area contributed by atoms with Gasteiger partial charge in [-0.1, -0.05) is 50.1 Å². The molecule has 2 aromatic rings. The summed E-state index contributed by atoms with van der Waals surface area (Å²) in [5, 5.41) is 6.28. The van der Waals surface area contributed by atoms with Crippen LogP contribution in [0.1, 0.15) is 38.2 Å². The van der Waals surface area contributed by atoms with E-state index in [0.29, 0.717) is 6.04 Å². The van der Waals surface area contributed by atoms with Crippen molar-refractivity contribution in [2.75, 3.05) is 7.11 Å². The molecule has 0 unspecified atom stereocenters. The minimum absolute atomic E-state index is 0.666. The van der Waals surface area contributed by atoms with Crippen LogP contribution in [-0.4, -0.2) is 13.2 Å². The first-order chi connectivity index (χ1) is 10.3. The summed E-state index contributed by atoms with van der Waals surface area (Å²) in [6, 6.07) is 13.5. The largest absolute Gasteiger partial charge is 0.496 e. The fraction of sp³-hybridized carbons (Fsp3) is 0.474. The fourth-order valence-corrected chi connectivity index (χ4v) is 3.53. The molecule has 0 amide bonds. The van der Waals surface area contributed by atoms with Crippen molar-refractivity contribution in [3.63, 3.8) is 0 Å². The molecule has 0 radical (unpaired) electrons. The summed E-state index contributed by atoms with van der Waals surface area (Å²) < 4.78 is 5.47. The Morgan fingerprint density at radius 3 is 2.57 bits per heavy atom. The number of rotatable bonds is 4. The van der Waals surface area contributed by atoms with Crippen LogP contribution < -0.4 is 10.1 Å². The highest BCUT2D eigenvalue weighted by molar-refractivity contribution is 5.91. The SMILES string of the molecule is COc1ccc(CN[C@@H]2CCCC[C@@H]2C)c2ccccc12. The Labute approximate surface area is 127 Å². The lowest BCUT2D eigenvalue weighted by Crippen LogP contribution is -2.36. The molecular formula is C19H25NO. The van der Waals surface area contributed by atoms with Crippen LogP contribution >= 0.6 is 0 Å². The molecule has 3 rings (SSSR count). The zero-order valence-corrected chi connectivity index (χ0v) is 13.1. The molecule has 0 bridgehead atoms. The van der Waals surface area contributed by atoms with Gasteiger partial charge in [0.2, 0.25) is 0 Å². The van der Waals surface area contributed by atoms with Gasteiger partial charge in [0, 0.05) is 18.0 Å². The van der Waals surface area contributed by atoms with Crippen LogP contribution in [0.4, 0.5) is 0 Å². The molecule has 1 aliphatic carbocycles. The molecule has 21 heavy (non-hydrogen) atoms. The number of hydrogen-bond acceptors (Lipinski definition) is 2. The zero-order chi connectivity index (χ0) is 14.7. The van der Waals surface area contributed by atoms with E-state index in [0.717, 1.165) is 18.2 Å². The molecular weight excluding hydrogens is 258 g/mol. The third-order valence-corrected chi connectivity index (χ3v) is 4.86. The molecule has 2 nitrogen and oxygen atoms in total. The van der Waals surface area contributed by atoms with E-state index in [1.165, 1.54) is 42.0 Å². The van der Waals surface area contributed by atoms with Crippen molar-refractivity contribution in [1.29, 1.82) is 0 Å². The van der Waals surface area contributed by atoms with Crippen LogP contribution in [0.2, 0.25) is 0 Å². The molecule has 2 aromatic carbocycles. The van der Waals surface area contributed by atoms with Gasteiger partial charge in [-0.3, -0.25) is 0 Å². The first-order valence-corrected chi connectivity index (χ1v) is 8.07. The van der Waals surface area contributed by atoms with E-state index in [4.69, 9.17) is 4.74 Å². The second kappa shape index (κ2) is 6.48. The molecule has 2 atom stereocenters. The predicted octanol–water partition coefficient (Wildman–Crippen LogP) is 4.52. The van der Waals surface area contributed by atoms with Gasteiger partial charge in [-0.05, 0) is 35.8 Å². The Morgan fingerprint density at radius 2 is 1.81 bits per heavy atom. The van der Waals surface area contributed by atoms with Gasteiger partial charge in [0.25, 0.3) is 0 Å². The average Bonchev–Trinajstić information content (AvgIpc) is 2.54. The second-order valence-corrected chi connectivity index (χ2v) is 6.22. The fourth-order valence-electron chi connectivity index (χ4n) is 3.53. The van der Waals surface area contributed by atoms with Crippen molar-refractivity contribution in [2.45, 2.75) is 45.2 Å². The first kappa shape index (κ1) is 14.4. The van der Waals surface area contributed by atoms with Gasteiger partial charge in [0.05, 0.1) is 7.11 Å². The Balaban J connectivity index is 1.81. The van der Waals surface area contributed by atoms with Gasteiger partial charge in [-0.15, -0.1) is 0 Å². The molecule has 1 fully saturated rings. The summed E-state index contributed by atoms with van der Waals surface area (Å²) in [6.07, 6.45) is 5.44. The Kier molecular flexibility index (Phi) is 4.45. The van der Waals surface area contributed by atoms with Crippen LogP contribution in [0.3, 0.4) is 0 Å². The lowest BCUT2D eigenvalue weighted by molar-refractivity contribution is 0.279. The topological polar surface area (TPSA) is 21.3 Å². The maximum absolute atomic E-state index is 5.47. The quantitative estimate of drug-likeness (QED) is 0.891. The van der Waals surface area contributed by atoms with Crippen molar-refractivity contribution in [1.82, 2.24) is 5.32 Å². The Bertz CT molecular complexity index is 608. The average molecular weight is 283 g/mol. The molecule has 0 aliphatic heterocycles. The molecule has 0 spiro atoms. The van der Waals surface area contributed by atoms with Crippen LogP contribution in [0.25, 0.3) is 10.8 Å². The smallest absolute Gasteiger partial charge is 0.126 e. The van der Waals surface area contributed by atoms with Crippen LogP contribution in [0.15, 0.2) is 36.4 Å². The van der Waals surface area contributed by atoms with Crippen LogP contribution in [0.5, 0.6) is 5.75 Å². The first-order valence-electron chi connectivity index (χ1n) is 8.07. The van der Waals surface area contributed by atoms with Crippen molar-refractivity contribution < 1.29 is 4.74 Å². The maximum Gasteiger partial charge on any atom is 0.126 e. The number of ether oxygens (including phenoxy) is 1. The van der Waals surface area contributed by atoms with Gasteiger partial charge >= 0.3 is 0 Å². The van der Waals surface area contributed by atoms with E-state index in [1.54, 1.807) is 7.11 Å².